The van der Waals surface area contributed by atoms with Crippen molar-refractivity contribution in [2.45, 2.75) is 93.4 Å². The molecule has 252 valence electrons. The molecule has 0 aliphatic carbocycles. The van der Waals surface area contributed by atoms with E-state index in [2.05, 4.69) is 13.8 Å². The molecule has 0 radical (unpaired) electrons. The molecule has 44 heavy (non-hydrogen) atoms. The van der Waals surface area contributed by atoms with Gasteiger partial charge in [0.2, 0.25) is 0 Å². The van der Waals surface area contributed by atoms with Gasteiger partial charge in [0.05, 0.1) is 38.8 Å². The van der Waals surface area contributed by atoms with Crippen LogP contribution < -0.4 is 4.74 Å². The predicted octanol–water partition coefficient (Wildman–Crippen LogP) is 9.94. The van der Waals surface area contributed by atoms with Crippen molar-refractivity contribution < 1.29 is 41.9 Å². The lowest BCUT2D eigenvalue weighted by Gasteiger charge is -2.21. The summed E-state index contributed by atoms with van der Waals surface area (Å²) in [6.07, 6.45) is 4.17. The zero-order valence-electron chi connectivity index (χ0n) is 27.0. The van der Waals surface area contributed by atoms with Crippen molar-refractivity contribution in [3.63, 3.8) is 0 Å². The number of carbonyl (C=O) groups is 1. The van der Waals surface area contributed by atoms with Crippen LogP contribution in [0.1, 0.15) is 105 Å². The number of phenols is 1. The number of benzene rings is 2. The minimum absolute atomic E-state index is 0. The van der Waals surface area contributed by atoms with E-state index in [0.717, 1.165) is 36.8 Å². The number of phenolic OH excluding ortho intramolecular Hbond substituents is 1. The van der Waals surface area contributed by atoms with Gasteiger partial charge in [0.25, 0.3) is 0 Å². The Morgan fingerprint density at radius 3 is 1.30 bits per heavy atom. The molecule has 0 bridgehead atoms. The van der Waals surface area contributed by atoms with Crippen LogP contribution in [0, 0.1) is 0 Å². The summed E-state index contributed by atoms with van der Waals surface area (Å²) in [6.45, 7) is 14.4. The van der Waals surface area contributed by atoms with Crippen molar-refractivity contribution in [3.05, 3.63) is 59.7 Å². The molecule has 0 heterocycles. The molecule has 0 aliphatic heterocycles. The van der Waals surface area contributed by atoms with Gasteiger partial charge in [0, 0.05) is 6.92 Å². The van der Waals surface area contributed by atoms with Gasteiger partial charge >= 0.3 is 21.2 Å². The summed E-state index contributed by atoms with van der Waals surface area (Å²) in [6, 6.07) is 14.6. The highest BCUT2D eigenvalue weighted by atomic mass is 31.2. The lowest BCUT2D eigenvalue weighted by atomic mass is 9.94. The van der Waals surface area contributed by atoms with Crippen LogP contribution in [0.4, 0.5) is 0 Å². The van der Waals surface area contributed by atoms with E-state index in [1.165, 1.54) is 6.92 Å². The second-order valence-corrected chi connectivity index (χ2v) is 14.3. The van der Waals surface area contributed by atoms with Crippen molar-refractivity contribution in [1.82, 2.24) is 0 Å². The lowest BCUT2D eigenvalue weighted by molar-refractivity contribution is -0.131. The van der Waals surface area contributed by atoms with Crippen molar-refractivity contribution in [2.75, 3.05) is 38.8 Å². The maximum atomic E-state index is 12.5. The Bertz CT molecular complexity index is 1120. The van der Waals surface area contributed by atoms with E-state index in [4.69, 9.17) is 22.8 Å². The highest BCUT2D eigenvalue weighted by molar-refractivity contribution is 7.54. The predicted molar refractivity (Wildman–Crippen MR) is 179 cm³/mol. The minimum Gasteiger partial charge on any atom is -0.508 e. The van der Waals surface area contributed by atoms with Gasteiger partial charge in [-0.05, 0) is 101 Å². The number of hydrogen-bond acceptors (Lipinski definition) is 9. The molecule has 2 unspecified atom stereocenters. The molecule has 0 aliphatic rings. The van der Waals surface area contributed by atoms with Crippen LogP contribution in [0.2, 0.25) is 0 Å². The van der Waals surface area contributed by atoms with Gasteiger partial charge in [-0.2, -0.15) is 0 Å². The first-order valence-corrected chi connectivity index (χ1v) is 18.8. The fraction of sp³-hybridized carbons (Fsp3) is 0.606. The Labute approximate surface area is 266 Å². The first-order chi connectivity index (χ1) is 20.5. The maximum Gasteiger partial charge on any atom is 0.330 e. The maximum absolute atomic E-state index is 12.5. The molecule has 0 spiro atoms. The van der Waals surface area contributed by atoms with Gasteiger partial charge in [0.15, 0.2) is 0 Å². The van der Waals surface area contributed by atoms with Gasteiger partial charge in [0.1, 0.15) is 11.5 Å². The summed E-state index contributed by atoms with van der Waals surface area (Å²) in [5.74, 6) is 1.02. The molecule has 0 saturated carbocycles. The zero-order valence-corrected chi connectivity index (χ0v) is 28.7. The average Bonchev–Trinajstić information content (AvgIpc) is 2.96. The summed E-state index contributed by atoms with van der Waals surface area (Å²) >= 11 is 0. The number of ether oxygens (including phenoxy) is 1. The normalized spacial score (nSPS) is 12.8. The number of esters is 1. The van der Waals surface area contributed by atoms with Crippen molar-refractivity contribution in [2.24, 2.45) is 0 Å². The molecule has 0 aromatic heterocycles. The Hall–Kier alpha value is -1.99. The molecule has 0 amide bonds. The Kier molecular flexibility index (Phi) is 21.5. The molecular weight excluding hydrogens is 602 g/mol. The monoisotopic (exact) mass is 658 g/mol. The van der Waals surface area contributed by atoms with Crippen LogP contribution in [-0.4, -0.2) is 49.8 Å². The van der Waals surface area contributed by atoms with Gasteiger partial charge in [-0.15, -0.1) is 0 Å². The molecule has 2 rings (SSSR count). The fourth-order valence-electron chi connectivity index (χ4n) is 4.68. The minimum atomic E-state index is -3.00. The summed E-state index contributed by atoms with van der Waals surface area (Å²) in [5, 5.41) is 9.33. The molecular formula is C33H56O9P2. The van der Waals surface area contributed by atoms with Crippen molar-refractivity contribution >= 4 is 21.2 Å². The standard InChI is InChI=1S/C17H27O5P.C15H25O4P.CH4/c1-5-15(12-13-23(19,20-6-2)21-7-3)16-8-10-17(11-9-16)22-14(4)18;1-4-13(14-7-9-15(16)10-8-14)11-12-20(17,18-5-2)19-6-3;/h8-11,15H,5-7,12-13H2,1-4H3;7-10,13,16H,4-6,11-12H2,1-3H3;1H4. The number of carbonyl (C=O) groups excluding carboxylic acids is 1. The Morgan fingerprint density at radius 2 is 1.00 bits per heavy atom. The summed E-state index contributed by atoms with van der Waals surface area (Å²) in [4.78, 5) is 10.9. The second kappa shape index (κ2) is 22.5. The van der Waals surface area contributed by atoms with E-state index in [0.29, 0.717) is 50.4 Å². The molecule has 9 nitrogen and oxygen atoms in total. The largest absolute Gasteiger partial charge is 0.508 e. The van der Waals surface area contributed by atoms with E-state index in [1.807, 2.05) is 52.0 Å². The molecule has 2 atom stereocenters. The van der Waals surface area contributed by atoms with Crippen molar-refractivity contribution in [1.29, 1.82) is 0 Å². The van der Waals surface area contributed by atoms with E-state index in [1.54, 1.807) is 24.3 Å². The second-order valence-electron chi connectivity index (χ2n) is 9.88. The molecule has 2 aromatic rings. The molecule has 2 aromatic carbocycles. The van der Waals surface area contributed by atoms with Crippen LogP contribution >= 0.6 is 15.2 Å². The van der Waals surface area contributed by atoms with Crippen LogP contribution in [0.25, 0.3) is 0 Å². The zero-order chi connectivity index (χ0) is 32.3. The molecule has 0 saturated heterocycles. The summed E-state index contributed by atoms with van der Waals surface area (Å²) < 4.78 is 51.3. The SMILES string of the molecule is C.CCOP(=O)(CCC(CC)c1ccc(O)cc1)OCC.CCOP(=O)(CCC(CC)c1ccc(OC(C)=O)cc1)OCC. The number of hydrogen-bond donors (Lipinski definition) is 1. The molecule has 11 heteroatoms. The smallest absolute Gasteiger partial charge is 0.330 e. The van der Waals surface area contributed by atoms with Crippen LogP contribution in [0.5, 0.6) is 11.5 Å². The molecule has 0 fully saturated rings. The first-order valence-electron chi connectivity index (χ1n) is 15.3. The van der Waals surface area contributed by atoms with E-state index in [-0.39, 0.29) is 25.1 Å². The third-order valence-corrected chi connectivity index (χ3v) is 11.0. The fourth-order valence-corrected chi connectivity index (χ4v) is 8.18. The number of rotatable bonds is 19. The van der Waals surface area contributed by atoms with E-state index in [9.17, 15) is 19.0 Å². The van der Waals surface area contributed by atoms with E-state index >= 15 is 0 Å². The quantitative estimate of drug-likeness (QED) is 0.0894. The van der Waals surface area contributed by atoms with E-state index < -0.39 is 15.2 Å². The third kappa shape index (κ3) is 15.8. The topological polar surface area (TPSA) is 118 Å². The third-order valence-electron chi connectivity index (χ3n) is 6.77. The van der Waals surface area contributed by atoms with Gasteiger partial charge < -0.3 is 27.9 Å². The lowest BCUT2D eigenvalue weighted by Crippen LogP contribution is -2.06. The average molecular weight is 659 g/mol. The summed E-state index contributed by atoms with van der Waals surface area (Å²) in [7, 11) is -5.97. The van der Waals surface area contributed by atoms with Gasteiger partial charge in [-0.3, -0.25) is 13.9 Å². The highest BCUT2D eigenvalue weighted by Gasteiger charge is 2.26. The Balaban J connectivity index is 0.000000829. The highest BCUT2D eigenvalue weighted by Crippen LogP contribution is 2.51. The first kappa shape index (κ1) is 42.0. The van der Waals surface area contributed by atoms with Crippen LogP contribution in [0.15, 0.2) is 48.5 Å². The Morgan fingerprint density at radius 1 is 0.659 bits per heavy atom. The number of aromatic hydroxyl groups is 1. The summed E-state index contributed by atoms with van der Waals surface area (Å²) in [5.41, 5.74) is 2.27. The van der Waals surface area contributed by atoms with Crippen molar-refractivity contribution in [3.8, 4) is 11.5 Å². The molecule has 1 N–H and O–H groups in total. The van der Waals surface area contributed by atoms with Crippen LogP contribution in [0.3, 0.4) is 0 Å². The van der Waals surface area contributed by atoms with Gasteiger partial charge in [-0.25, -0.2) is 0 Å². The van der Waals surface area contributed by atoms with Gasteiger partial charge in [-0.1, -0.05) is 45.5 Å². The van der Waals surface area contributed by atoms with Crippen LogP contribution in [-0.2, 0) is 32.0 Å².